The minimum absolute atomic E-state index is 0.0152. The van der Waals surface area contributed by atoms with Crippen LogP contribution in [0.2, 0.25) is 0 Å². The van der Waals surface area contributed by atoms with Gasteiger partial charge >= 0.3 is 6.09 Å². The van der Waals surface area contributed by atoms with Gasteiger partial charge in [-0.3, -0.25) is 9.78 Å². The van der Waals surface area contributed by atoms with Gasteiger partial charge in [0, 0.05) is 49.6 Å². The summed E-state index contributed by atoms with van der Waals surface area (Å²) in [6, 6.07) is 7.98. The number of rotatable bonds is 5. The van der Waals surface area contributed by atoms with Crippen LogP contribution >= 0.6 is 0 Å². The van der Waals surface area contributed by atoms with E-state index < -0.39 is 23.5 Å². The largest absolute Gasteiger partial charge is 0.444 e. The number of pyridine rings is 2. The molecule has 0 bridgehead atoms. The highest BCUT2D eigenvalue weighted by Gasteiger charge is 2.39. The normalized spacial score (nSPS) is 19.4. The second-order valence-corrected chi connectivity index (χ2v) is 8.26. The van der Waals surface area contributed by atoms with E-state index in [1.807, 2.05) is 6.07 Å². The molecule has 2 aromatic heterocycles. The Kier molecular flexibility index (Phi) is 5.56. The Hall–Kier alpha value is -4.08. The molecular weight excluding hydrogens is 444 g/mol. The minimum Gasteiger partial charge on any atom is -0.444 e. The number of hydrogen-bond donors (Lipinski definition) is 2. The Bertz CT molecular complexity index is 1260. The van der Waals surface area contributed by atoms with E-state index in [9.17, 15) is 18.4 Å². The maximum atomic E-state index is 14.2. The highest BCUT2D eigenvalue weighted by molar-refractivity contribution is 6.01. The lowest BCUT2D eigenvalue weighted by Crippen LogP contribution is -2.49. The van der Waals surface area contributed by atoms with Gasteiger partial charge in [-0.25, -0.2) is 18.6 Å². The number of nitrogens with zero attached hydrogens (tertiary/aromatic N) is 3. The fourth-order valence-corrected chi connectivity index (χ4v) is 4.45. The second kappa shape index (κ2) is 8.69. The third-order valence-corrected chi connectivity index (χ3v) is 6.09. The quantitative estimate of drug-likeness (QED) is 0.557. The van der Waals surface area contributed by atoms with Crippen LogP contribution in [0.3, 0.4) is 0 Å². The summed E-state index contributed by atoms with van der Waals surface area (Å²) in [5, 5.41) is 2.81. The fourth-order valence-electron chi connectivity index (χ4n) is 4.45. The molecule has 2 aliphatic rings. The fraction of sp³-hybridized carbons (Fsp3) is 0.250. The lowest BCUT2D eigenvalue weighted by molar-refractivity contribution is 0.0988. The molecule has 2 atom stereocenters. The van der Waals surface area contributed by atoms with Crippen LogP contribution in [-0.2, 0) is 11.2 Å². The zero-order valence-corrected chi connectivity index (χ0v) is 18.0. The molecule has 34 heavy (non-hydrogen) atoms. The molecule has 0 spiro atoms. The van der Waals surface area contributed by atoms with Gasteiger partial charge in [0.25, 0.3) is 0 Å². The number of hydrogen-bond acceptors (Lipinski definition) is 7. The van der Waals surface area contributed by atoms with Crippen molar-refractivity contribution < 1.29 is 23.1 Å². The number of nitrogens with two attached hydrogens (primary N) is 1. The molecule has 0 saturated carbocycles. The van der Waals surface area contributed by atoms with Crippen molar-refractivity contribution in [2.24, 2.45) is 0 Å². The summed E-state index contributed by atoms with van der Waals surface area (Å²) in [7, 11) is 0. The number of Topliss-reactive ketones (excluding diaryl/α,β-unsaturated/α-hetero) is 1. The molecule has 0 unspecified atom stereocenters. The van der Waals surface area contributed by atoms with Gasteiger partial charge in [-0.15, -0.1) is 0 Å². The summed E-state index contributed by atoms with van der Waals surface area (Å²) in [5.41, 5.74) is 7.17. The number of ketones is 1. The molecular formula is C24H21F2N5O3. The van der Waals surface area contributed by atoms with Crippen LogP contribution < -0.4 is 16.0 Å². The third-order valence-electron chi connectivity index (χ3n) is 6.09. The van der Waals surface area contributed by atoms with E-state index in [0.717, 1.165) is 17.8 Å². The highest BCUT2D eigenvalue weighted by Crippen LogP contribution is 2.29. The van der Waals surface area contributed by atoms with Crippen LogP contribution in [0, 0.1) is 11.6 Å². The lowest BCUT2D eigenvalue weighted by Gasteiger charge is -2.35. The standard InChI is InChI=1S/C24H21F2N5O3/c25-14-2-1-3-15(26)22(14)17-5-4-16(27)23(29-17)20(32)10-13-11-28-8-6-19(13)31-9-7-21-18(12-31)30-24(33)34-21/h1-6,8,11,18,21H,7,9-10,12,27H2,(H,30,33)/t18-,21+/m0/s1. The molecule has 10 heteroatoms. The van der Waals surface area contributed by atoms with Gasteiger partial charge in [-0.1, -0.05) is 6.07 Å². The second-order valence-electron chi connectivity index (χ2n) is 8.26. The number of anilines is 2. The topological polar surface area (TPSA) is 110 Å². The maximum absolute atomic E-state index is 14.2. The first-order chi connectivity index (χ1) is 16.4. The van der Waals surface area contributed by atoms with E-state index in [-0.39, 0.29) is 41.2 Å². The van der Waals surface area contributed by atoms with Gasteiger partial charge in [-0.2, -0.15) is 0 Å². The van der Waals surface area contributed by atoms with Gasteiger partial charge in [0.1, 0.15) is 23.4 Å². The number of amides is 1. The maximum Gasteiger partial charge on any atom is 0.407 e. The average Bonchev–Trinajstić information content (AvgIpc) is 3.19. The average molecular weight is 465 g/mol. The molecule has 0 radical (unpaired) electrons. The summed E-state index contributed by atoms with van der Waals surface area (Å²) >= 11 is 0. The van der Waals surface area contributed by atoms with Crippen molar-refractivity contribution in [3.63, 3.8) is 0 Å². The van der Waals surface area contributed by atoms with Crippen molar-refractivity contribution in [2.75, 3.05) is 23.7 Å². The third kappa shape index (κ3) is 4.02. The van der Waals surface area contributed by atoms with E-state index >= 15 is 0 Å². The van der Waals surface area contributed by atoms with Crippen molar-refractivity contribution in [1.29, 1.82) is 0 Å². The lowest BCUT2D eigenvalue weighted by atomic mass is 9.99. The van der Waals surface area contributed by atoms with Crippen molar-refractivity contribution in [3.8, 4) is 11.3 Å². The molecule has 2 saturated heterocycles. The van der Waals surface area contributed by atoms with Crippen molar-refractivity contribution >= 4 is 23.3 Å². The summed E-state index contributed by atoms with van der Waals surface area (Å²) in [4.78, 5) is 35.2. The molecule has 174 valence electrons. The van der Waals surface area contributed by atoms with Crippen molar-refractivity contribution in [2.45, 2.75) is 25.0 Å². The van der Waals surface area contributed by atoms with Crippen LogP contribution in [0.4, 0.5) is 25.0 Å². The molecule has 4 heterocycles. The predicted octanol–water partition coefficient (Wildman–Crippen LogP) is 3.12. The minimum atomic E-state index is -0.781. The van der Waals surface area contributed by atoms with Crippen molar-refractivity contribution in [1.82, 2.24) is 15.3 Å². The van der Waals surface area contributed by atoms with Gasteiger partial charge in [0.15, 0.2) is 5.78 Å². The summed E-state index contributed by atoms with van der Waals surface area (Å²) in [5.74, 6) is -1.97. The van der Waals surface area contributed by atoms with Crippen LogP contribution in [0.25, 0.3) is 11.3 Å². The Balaban J connectivity index is 1.41. The molecule has 2 aliphatic heterocycles. The Labute approximate surface area is 193 Å². The number of nitrogens with one attached hydrogen (secondary N) is 1. The van der Waals surface area contributed by atoms with Crippen LogP contribution in [-0.4, -0.2) is 47.1 Å². The monoisotopic (exact) mass is 465 g/mol. The first kappa shape index (κ1) is 21.7. The predicted molar refractivity (Wildman–Crippen MR) is 120 cm³/mol. The number of halogens is 2. The number of carbonyl (C=O) groups is 2. The molecule has 5 rings (SSSR count). The number of nitrogen functional groups attached to an aromatic ring is 1. The molecule has 1 amide bonds. The number of fused-ring (bicyclic) bond motifs is 1. The Morgan fingerprint density at radius 1 is 1.21 bits per heavy atom. The number of ether oxygens (including phenoxy) is 1. The molecule has 3 aromatic rings. The number of benzene rings is 1. The van der Waals surface area contributed by atoms with Crippen LogP contribution in [0.15, 0.2) is 48.8 Å². The van der Waals surface area contributed by atoms with E-state index in [0.29, 0.717) is 25.1 Å². The first-order valence-corrected chi connectivity index (χ1v) is 10.8. The van der Waals surface area contributed by atoms with E-state index in [1.165, 1.54) is 18.2 Å². The first-order valence-electron chi connectivity index (χ1n) is 10.8. The number of carbonyl (C=O) groups excluding carboxylic acids is 2. The number of aromatic nitrogens is 2. The summed E-state index contributed by atoms with van der Waals surface area (Å²) in [6.07, 6.45) is 3.24. The number of alkyl carbamates (subject to hydrolysis) is 1. The SMILES string of the molecule is Nc1ccc(-c2c(F)cccc2F)nc1C(=O)Cc1cnccc1N1CC[C@H]2OC(=O)N[C@H]2C1. The smallest absolute Gasteiger partial charge is 0.407 e. The summed E-state index contributed by atoms with van der Waals surface area (Å²) in [6.45, 7) is 1.17. The van der Waals surface area contributed by atoms with E-state index in [4.69, 9.17) is 10.5 Å². The zero-order valence-electron chi connectivity index (χ0n) is 18.0. The molecule has 1 aromatic carbocycles. The van der Waals surface area contributed by atoms with Crippen LogP contribution in [0.1, 0.15) is 22.5 Å². The Morgan fingerprint density at radius 3 is 2.79 bits per heavy atom. The molecule has 0 aliphatic carbocycles. The van der Waals surface area contributed by atoms with Gasteiger partial charge in [-0.05, 0) is 30.3 Å². The van der Waals surface area contributed by atoms with Gasteiger partial charge in [0.2, 0.25) is 0 Å². The van der Waals surface area contributed by atoms with Crippen LogP contribution in [0.5, 0.6) is 0 Å². The van der Waals surface area contributed by atoms with Gasteiger partial charge in [0.05, 0.1) is 23.0 Å². The van der Waals surface area contributed by atoms with E-state index in [2.05, 4.69) is 20.2 Å². The molecule has 8 nitrogen and oxygen atoms in total. The number of piperidine rings is 1. The summed E-state index contributed by atoms with van der Waals surface area (Å²) < 4.78 is 33.8. The molecule has 2 fully saturated rings. The highest BCUT2D eigenvalue weighted by atomic mass is 19.1. The van der Waals surface area contributed by atoms with Gasteiger partial charge < -0.3 is 20.7 Å². The Morgan fingerprint density at radius 2 is 2.00 bits per heavy atom. The van der Waals surface area contributed by atoms with Crippen molar-refractivity contribution in [3.05, 3.63) is 71.7 Å². The van der Waals surface area contributed by atoms with E-state index in [1.54, 1.807) is 12.4 Å². The zero-order chi connectivity index (χ0) is 23.8. The molecule has 3 N–H and O–H groups in total.